The zero-order chi connectivity index (χ0) is 6.69. The SMILES string of the molecule is CB(I)c1ccccc1. The molecule has 0 amide bonds. The Labute approximate surface area is 69.6 Å². The van der Waals surface area contributed by atoms with E-state index in [-0.39, 0.29) is 0 Å². The van der Waals surface area contributed by atoms with Gasteiger partial charge >= 0.3 is 0 Å². The molecule has 0 bridgehead atoms. The summed E-state index contributed by atoms with van der Waals surface area (Å²) in [6.45, 7) is 2.19. The van der Waals surface area contributed by atoms with Crippen molar-refractivity contribution in [3.63, 3.8) is 0 Å². The quantitative estimate of drug-likeness (QED) is 0.510. The molecule has 1 rings (SSSR count). The minimum Gasteiger partial charge on any atom is -0.143 e. The van der Waals surface area contributed by atoms with Crippen molar-refractivity contribution >= 4 is 32.4 Å². The molecule has 9 heavy (non-hydrogen) atoms. The smallest absolute Gasteiger partial charge is 0.143 e. The van der Waals surface area contributed by atoms with Gasteiger partial charge in [-0.05, 0) is 0 Å². The summed E-state index contributed by atoms with van der Waals surface area (Å²) in [5, 5.41) is 0. The lowest BCUT2D eigenvalue weighted by Gasteiger charge is -1.96. The van der Waals surface area contributed by atoms with Gasteiger partial charge in [-0.25, -0.2) is 0 Å². The van der Waals surface area contributed by atoms with E-state index in [1.54, 1.807) is 0 Å². The molecule has 0 aromatic heterocycles. The molecule has 2 heteroatoms. The fraction of sp³-hybridized carbons (Fsp3) is 0.143. The average molecular weight is 230 g/mol. The van der Waals surface area contributed by atoms with Crippen LogP contribution >= 0.6 is 22.4 Å². The van der Waals surface area contributed by atoms with Gasteiger partial charge in [0, 0.05) is 0 Å². The van der Waals surface area contributed by atoms with Crippen molar-refractivity contribution in [3.8, 4) is 0 Å². The van der Waals surface area contributed by atoms with Gasteiger partial charge < -0.3 is 0 Å². The number of halogens is 1. The first-order chi connectivity index (χ1) is 4.30. The second kappa shape index (κ2) is 3.25. The van der Waals surface area contributed by atoms with Crippen molar-refractivity contribution in [1.82, 2.24) is 0 Å². The van der Waals surface area contributed by atoms with Gasteiger partial charge in [0.1, 0.15) is 0 Å². The van der Waals surface area contributed by atoms with E-state index >= 15 is 0 Å². The first kappa shape index (κ1) is 7.13. The summed E-state index contributed by atoms with van der Waals surface area (Å²) in [5.74, 6) is 0. The predicted octanol–water partition coefficient (Wildman–Crippen LogP) is 1.95. The maximum absolute atomic E-state index is 2.41. The fourth-order valence-corrected chi connectivity index (χ4v) is 1.13. The number of hydrogen-bond donors (Lipinski definition) is 0. The van der Waals surface area contributed by atoms with Gasteiger partial charge in [0.15, 0.2) is 0 Å². The molecule has 0 aliphatic carbocycles. The predicted molar refractivity (Wildman–Crippen MR) is 51.7 cm³/mol. The first-order valence-corrected chi connectivity index (χ1v) is 4.24. The van der Waals surface area contributed by atoms with E-state index < -0.39 is 0 Å². The van der Waals surface area contributed by atoms with Crippen LogP contribution in [0, 0.1) is 0 Å². The summed E-state index contributed by atoms with van der Waals surface area (Å²) >= 11 is 2.41. The highest BCUT2D eigenvalue weighted by molar-refractivity contribution is 14.1. The van der Waals surface area contributed by atoms with Crippen LogP contribution in [0.25, 0.3) is 0 Å². The normalized spacial score (nSPS) is 9.11. The van der Waals surface area contributed by atoms with Gasteiger partial charge in [-0.2, -0.15) is 0 Å². The van der Waals surface area contributed by atoms with Crippen LogP contribution in [0.5, 0.6) is 0 Å². The van der Waals surface area contributed by atoms with Gasteiger partial charge in [-0.3, -0.25) is 0 Å². The Morgan fingerprint density at radius 2 is 1.78 bits per heavy atom. The molecule has 0 radical (unpaired) electrons. The molecule has 1 aromatic carbocycles. The Kier molecular flexibility index (Phi) is 2.57. The van der Waals surface area contributed by atoms with Gasteiger partial charge in [-0.15, -0.1) is 22.4 Å². The Balaban J connectivity index is 2.85. The third kappa shape index (κ3) is 2.01. The largest absolute Gasteiger partial charge is 0.246 e. The minimum absolute atomic E-state index is 0.629. The molecule has 0 aliphatic heterocycles. The van der Waals surface area contributed by atoms with Gasteiger partial charge in [0.25, 0.3) is 0 Å². The van der Waals surface area contributed by atoms with Crippen molar-refractivity contribution < 1.29 is 0 Å². The standard InChI is InChI=1S/C7H8BI/c1-8(9)7-5-3-2-4-6-7/h2-6H,1H3. The zero-order valence-electron chi connectivity index (χ0n) is 5.34. The lowest BCUT2D eigenvalue weighted by Crippen LogP contribution is -2.18. The second-order valence-corrected chi connectivity index (χ2v) is 3.90. The minimum atomic E-state index is 0.629. The summed E-state index contributed by atoms with van der Waals surface area (Å²) in [6, 6.07) is 10.5. The van der Waals surface area contributed by atoms with E-state index in [1.807, 2.05) is 6.07 Å². The van der Waals surface area contributed by atoms with Crippen molar-refractivity contribution in [2.24, 2.45) is 0 Å². The van der Waals surface area contributed by atoms with Crippen LogP contribution < -0.4 is 5.46 Å². The van der Waals surface area contributed by atoms with E-state index in [0.29, 0.717) is 4.57 Å². The van der Waals surface area contributed by atoms with E-state index in [4.69, 9.17) is 0 Å². The number of rotatable bonds is 1. The summed E-state index contributed by atoms with van der Waals surface area (Å²) in [7, 11) is 0. The molecule has 0 nitrogen and oxygen atoms in total. The summed E-state index contributed by atoms with van der Waals surface area (Å²) in [5.41, 5.74) is 1.40. The molecule has 46 valence electrons. The second-order valence-electron chi connectivity index (χ2n) is 2.03. The molecule has 0 atom stereocenters. The van der Waals surface area contributed by atoms with Crippen LogP contribution in [0.15, 0.2) is 30.3 Å². The Bertz CT molecular complexity index is 172. The Morgan fingerprint density at radius 3 is 2.11 bits per heavy atom. The van der Waals surface area contributed by atoms with Crippen molar-refractivity contribution in [3.05, 3.63) is 30.3 Å². The molecule has 0 spiro atoms. The molecule has 0 saturated heterocycles. The molecule has 0 heterocycles. The van der Waals surface area contributed by atoms with Gasteiger partial charge in [-0.1, -0.05) is 42.6 Å². The maximum atomic E-state index is 2.41. The topological polar surface area (TPSA) is 0 Å². The van der Waals surface area contributed by atoms with E-state index in [0.717, 1.165) is 0 Å². The summed E-state index contributed by atoms with van der Waals surface area (Å²) in [6.07, 6.45) is 0. The fourth-order valence-electron chi connectivity index (χ4n) is 0.718. The van der Waals surface area contributed by atoms with Crippen molar-refractivity contribution in [2.75, 3.05) is 0 Å². The van der Waals surface area contributed by atoms with Crippen LogP contribution in [0.4, 0.5) is 0 Å². The van der Waals surface area contributed by atoms with Gasteiger partial charge in [0.05, 0.1) is 0 Å². The Morgan fingerprint density at radius 1 is 1.22 bits per heavy atom. The van der Waals surface area contributed by atoms with Crippen molar-refractivity contribution in [2.45, 2.75) is 6.82 Å². The molecule has 0 unspecified atom stereocenters. The molecule has 0 aliphatic rings. The first-order valence-electron chi connectivity index (χ1n) is 2.99. The van der Waals surface area contributed by atoms with Crippen molar-refractivity contribution in [1.29, 1.82) is 0 Å². The maximum Gasteiger partial charge on any atom is 0.246 e. The number of benzene rings is 1. The summed E-state index contributed by atoms with van der Waals surface area (Å²) < 4.78 is 0.629. The van der Waals surface area contributed by atoms with Crippen LogP contribution in [0.2, 0.25) is 6.82 Å². The monoisotopic (exact) mass is 230 g/mol. The van der Waals surface area contributed by atoms with Crippen LogP contribution in [-0.4, -0.2) is 4.57 Å². The van der Waals surface area contributed by atoms with E-state index in [2.05, 4.69) is 53.5 Å². The molecule has 0 fully saturated rings. The molecule has 1 aromatic rings. The molecule has 0 N–H and O–H groups in total. The number of hydrogen-bond acceptors (Lipinski definition) is 0. The third-order valence-electron chi connectivity index (χ3n) is 1.26. The zero-order valence-corrected chi connectivity index (χ0v) is 7.50. The lowest BCUT2D eigenvalue weighted by molar-refractivity contribution is 1.76. The average Bonchev–Trinajstić information content (AvgIpc) is 1.90. The molecule has 0 saturated carbocycles. The highest BCUT2D eigenvalue weighted by atomic mass is 127. The Hall–Kier alpha value is 0.0149. The molecular weight excluding hydrogens is 222 g/mol. The van der Waals surface area contributed by atoms with Crippen LogP contribution in [0.1, 0.15) is 0 Å². The highest BCUT2D eigenvalue weighted by Crippen LogP contribution is 1.94. The molecular formula is C7H8BI. The summed E-state index contributed by atoms with van der Waals surface area (Å²) in [4.78, 5) is 0. The van der Waals surface area contributed by atoms with E-state index in [9.17, 15) is 0 Å². The van der Waals surface area contributed by atoms with E-state index in [1.165, 1.54) is 5.46 Å². The lowest BCUT2D eigenvalue weighted by atomic mass is 9.73. The third-order valence-corrected chi connectivity index (χ3v) is 1.98. The van der Waals surface area contributed by atoms with Gasteiger partial charge in [0.2, 0.25) is 4.57 Å². The highest BCUT2D eigenvalue weighted by Gasteiger charge is 2.01. The van der Waals surface area contributed by atoms with Crippen LogP contribution in [0.3, 0.4) is 0 Å². The van der Waals surface area contributed by atoms with Crippen LogP contribution in [-0.2, 0) is 0 Å².